The van der Waals surface area contributed by atoms with E-state index >= 15 is 0 Å². The van der Waals surface area contributed by atoms with Gasteiger partial charge in [0.2, 0.25) is 0 Å². The summed E-state index contributed by atoms with van der Waals surface area (Å²) in [6.45, 7) is 4.88. The molecule has 1 saturated heterocycles. The molecule has 1 fully saturated rings. The molecule has 1 aromatic carbocycles. The number of urea groups is 1. The molecule has 0 radical (unpaired) electrons. The Kier molecular flexibility index (Phi) is 4.83. The van der Waals surface area contributed by atoms with Gasteiger partial charge in [-0.2, -0.15) is 0 Å². The third kappa shape index (κ3) is 3.98. The van der Waals surface area contributed by atoms with Gasteiger partial charge >= 0.3 is 6.03 Å². The number of benzene rings is 1. The van der Waals surface area contributed by atoms with Crippen LogP contribution in [0.2, 0.25) is 0 Å². The predicted octanol–water partition coefficient (Wildman–Crippen LogP) is 3.01. The average Bonchev–Trinajstić information content (AvgIpc) is 2.46. The van der Waals surface area contributed by atoms with E-state index < -0.39 is 0 Å². The summed E-state index contributed by atoms with van der Waals surface area (Å²) >= 11 is 0. The highest BCUT2D eigenvalue weighted by atomic mass is 16.2. The number of likely N-dealkylation sites (tertiary alicyclic amines) is 1. The van der Waals surface area contributed by atoms with Gasteiger partial charge in [0.05, 0.1) is 0 Å². The summed E-state index contributed by atoms with van der Waals surface area (Å²) in [6.07, 6.45) is 3.20. The van der Waals surface area contributed by atoms with Gasteiger partial charge < -0.3 is 9.80 Å². The van der Waals surface area contributed by atoms with Crippen molar-refractivity contribution in [2.75, 3.05) is 26.7 Å². The molecule has 1 aliphatic heterocycles. The number of carbonyl (C=O) groups is 1. The van der Waals surface area contributed by atoms with E-state index in [2.05, 4.69) is 19.1 Å². The first-order valence-corrected chi connectivity index (χ1v) is 7.21. The molecule has 0 aliphatic carbocycles. The standard InChI is InChI=1S/C16H24N2O/c1-14-8-12-18(13-9-14)16(19)17(2)11-10-15-6-4-3-5-7-15/h3-7,14H,8-13H2,1-2H3. The van der Waals surface area contributed by atoms with Crippen LogP contribution in [-0.4, -0.2) is 42.5 Å². The van der Waals surface area contributed by atoms with Gasteiger partial charge in [0.15, 0.2) is 0 Å². The van der Waals surface area contributed by atoms with Crippen LogP contribution in [0.25, 0.3) is 0 Å². The molecule has 0 saturated carbocycles. The van der Waals surface area contributed by atoms with Gasteiger partial charge in [0.1, 0.15) is 0 Å². The molecule has 3 heteroatoms. The lowest BCUT2D eigenvalue weighted by Crippen LogP contribution is -2.45. The number of nitrogens with zero attached hydrogens (tertiary/aromatic N) is 2. The van der Waals surface area contributed by atoms with Crippen LogP contribution in [0, 0.1) is 5.92 Å². The molecule has 1 aromatic rings. The van der Waals surface area contributed by atoms with E-state index in [0.29, 0.717) is 0 Å². The van der Waals surface area contributed by atoms with E-state index in [1.54, 1.807) is 0 Å². The van der Waals surface area contributed by atoms with Crippen molar-refractivity contribution in [2.24, 2.45) is 5.92 Å². The Balaban J connectivity index is 1.79. The number of hydrogen-bond donors (Lipinski definition) is 0. The van der Waals surface area contributed by atoms with Crippen LogP contribution in [0.5, 0.6) is 0 Å². The zero-order valence-electron chi connectivity index (χ0n) is 12.0. The van der Waals surface area contributed by atoms with E-state index in [0.717, 1.165) is 44.8 Å². The van der Waals surface area contributed by atoms with Gasteiger partial charge in [-0.25, -0.2) is 4.79 Å². The Hall–Kier alpha value is -1.51. The fraction of sp³-hybridized carbons (Fsp3) is 0.562. The van der Waals surface area contributed by atoms with Crippen molar-refractivity contribution >= 4 is 6.03 Å². The Morgan fingerprint density at radius 2 is 1.89 bits per heavy atom. The summed E-state index contributed by atoms with van der Waals surface area (Å²) in [5, 5.41) is 0. The molecule has 2 amide bonds. The monoisotopic (exact) mass is 260 g/mol. The number of likely N-dealkylation sites (N-methyl/N-ethyl adjacent to an activating group) is 1. The normalized spacial score (nSPS) is 16.4. The molecule has 2 rings (SSSR count). The number of rotatable bonds is 3. The molecule has 104 valence electrons. The SMILES string of the molecule is CC1CCN(C(=O)N(C)CCc2ccccc2)CC1. The maximum Gasteiger partial charge on any atom is 0.319 e. The molecule has 3 nitrogen and oxygen atoms in total. The highest BCUT2D eigenvalue weighted by Crippen LogP contribution is 2.17. The maximum absolute atomic E-state index is 12.3. The quantitative estimate of drug-likeness (QED) is 0.819. The number of carbonyl (C=O) groups excluding carboxylic acids is 1. The molecule has 1 aliphatic rings. The summed E-state index contributed by atoms with van der Waals surface area (Å²) in [4.78, 5) is 16.1. The van der Waals surface area contributed by atoms with Crippen LogP contribution < -0.4 is 0 Å². The first kappa shape index (κ1) is 13.9. The first-order valence-electron chi connectivity index (χ1n) is 7.21. The van der Waals surface area contributed by atoms with Gasteiger partial charge in [-0.15, -0.1) is 0 Å². The third-order valence-electron chi connectivity index (χ3n) is 3.96. The van der Waals surface area contributed by atoms with Crippen LogP contribution >= 0.6 is 0 Å². The second kappa shape index (κ2) is 6.60. The minimum Gasteiger partial charge on any atom is -0.327 e. The lowest BCUT2D eigenvalue weighted by Gasteiger charge is -2.33. The summed E-state index contributed by atoms with van der Waals surface area (Å²) in [6, 6.07) is 10.5. The van der Waals surface area contributed by atoms with Gasteiger partial charge in [-0.05, 0) is 30.7 Å². The maximum atomic E-state index is 12.3. The van der Waals surface area contributed by atoms with Gasteiger partial charge in [0.25, 0.3) is 0 Å². The molecule has 19 heavy (non-hydrogen) atoms. The van der Waals surface area contributed by atoms with Gasteiger partial charge in [0, 0.05) is 26.7 Å². The fourth-order valence-corrected chi connectivity index (χ4v) is 2.48. The number of hydrogen-bond acceptors (Lipinski definition) is 1. The van der Waals surface area contributed by atoms with Crippen LogP contribution in [0.4, 0.5) is 4.79 Å². The van der Waals surface area contributed by atoms with Crippen molar-refractivity contribution in [3.63, 3.8) is 0 Å². The van der Waals surface area contributed by atoms with Crippen LogP contribution in [-0.2, 0) is 6.42 Å². The molecule has 0 N–H and O–H groups in total. The Morgan fingerprint density at radius 3 is 2.53 bits per heavy atom. The lowest BCUT2D eigenvalue weighted by atomic mass is 10.00. The third-order valence-corrected chi connectivity index (χ3v) is 3.96. The molecular weight excluding hydrogens is 236 g/mol. The zero-order chi connectivity index (χ0) is 13.7. The molecule has 0 atom stereocenters. The summed E-state index contributed by atoms with van der Waals surface area (Å²) in [7, 11) is 1.91. The summed E-state index contributed by atoms with van der Waals surface area (Å²) in [5.74, 6) is 0.763. The topological polar surface area (TPSA) is 23.6 Å². The van der Waals surface area contributed by atoms with E-state index in [9.17, 15) is 4.79 Å². The van der Waals surface area contributed by atoms with E-state index in [1.807, 2.05) is 35.0 Å². The van der Waals surface area contributed by atoms with Crippen molar-refractivity contribution in [2.45, 2.75) is 26.2 Å². The highest BCUT2D eigenvalue weighted by Gasteiger charge is 2.22. The van der Waals surface area contributed by atoms with Crippen molar-refractivity contribution < 1.29 is 4.79 Å². The Labute approximate surface area is 116 Å². The van der Waals surface area contributed by atoms with E-state index in [4.69, 9.17) is 0 Å². The largest absolute Gasteiger partial charge is 0.327 e. The second-order valence-electron chi connectivity index (χ2n) is 5.61. The average molecular weight is 260 g/mol. The lowest BCUT2D eigenvalue weighted by molar-refractivity contribution is 0.143. The summed E-state index contributed by atoms with van der Waals surface area (Å²) in [5.41, 5.74) is 1.29. The molecule has 0 aromatic heterocycles. The molecule has 1 heterocycles. The first-order chi connectivity index (χ1) is 9.16. The Morgan fingerprint density at radius 1 is 1.26 bits per heavy atom. The van der Waals surface area contributed by atoms with Crippen molar-refractivity contribution in [3.8, 4) is 0 Å². The summed E-state index contributed by atoms with van der Waals surface area (Å²) < 4.78 is 0. The molecule has 0 unspecified atom stereocenters. The fourth-order valence-electron chi connectivity index (χ4n) is 2.48. The smallest absolute Gasteiger partial charge is 0.319 e. The second-order valence-corrected chi connectivity index (χ2v) is 5.61. The van der Waals surface area contributed by atoms with Crippen molar-refractivity contribution in [1.29, 1.82) is 0 Å². The van der Waals surface area contributed by atoms with Gasteiger partial charge in [-0.3, -0.25) is 0 Å². The molecule has 0 bridgehead atoms. The van der Waals surface area contributed by atoms with Crippen LogP contribution in [0.1, 0.15) is 25.3 Å². The van der Waals surface area contributed by atoms with E-state index in [-0.39, 0.29) is 6.03 Å². The van der Waals surface area contributed by atoms with Crippen LogP contribution in [0.3, 0.4) is 0 Å². The number of piperidine rings is 1. The predicted molar refractivity (Wildman–Crippen MR) is 78.1 cm³/mol. The minimum atomic E-state index is 0.183. The van der Waals surface area contributed by atoms with Gasteiger partial charge in [-0.1, -0.05) is 37.3 Å². The highest BCUT2D eigenvalue weighted by molar-refractivity contribution is 5.74. The molecule has 0 spiro atoms. The number of amides is 2. The zero-order valence-corrected chi connectivity index (χ0v) is 12.0. The van der Waals surface area contributed by atoms with Crippen molar-refractivity contribution in [1.82, 2.24) is 9.80 Å². The van der Waals surface area contributed by atoms with Crippen molar-refractivity contribution in [3.05, 3.63) is 35.9 Å². The minimum absolute atomic E-state index is 0.183. The van der Waals surface area contributed by atoms with E-state index in [1.165, 1.54) is 5.56 Å². The Bertz CT molecular complexity index is 396. The van der Waals surface area contributed by atoms with Crippen LogP contribution in [0.15, 0.2) is 30.3 Å². The molecular formula is C16H24N2O.